The van der Waals surface area contributed by atoms with E-state index in [0.29, 0.717) is 16.9 Å². The number of hydrogen-bond donors (Lipinski definition) is 1. The van der Waals surface area contributed by atoms with Crippen LogP contribution in [0.25, 0.3) is 0 Å². The summed E-state index contributed by atoms with van der Waals surface area (Å²) in [5.74, 6) is -3.50. The van der Waals surface area contributed by atoms with Gasteiger partial charge >= 0.3 is 0 Å². The summed E-state index contributed by atoms with van der Waals surface area (Å²) < 4.78 is 27.6. The second-order valence-corrected chi connectivity index (χ2v) is 9.20. The number of halogens is 2. The first kappa shape index (κ1) is 22.1. The smallest absolute Gasteiger partial charge is 0.269 e. The Labute approximate surface area is 198 Å². The Kier molecular flexibility index (Phi) is 5.36. The molecule has 0 bridgehead atoms. The number of carbonyl (C=O) groups is 3. The molecule has 2 aliphatic heterocycles. The number of fused-ring (bicyclic) bond motifs is 2. The van der Waals surface area contributed by atoms with Gasteiger partial charge in [0.25, 0.3) is 5.91 Å². The van der Waals surface area contributed by atoms with Gasteiger partial charge in [-0.05, 0) is 36.8 Å². The molecule has 1 spiro atoms. The van der Waals surface area contributed by atoms with E-state index in [1.54, 1.807) is 36.4 Å². The molecule has 1 saturated heterocycles. The Morgan fingerprint density at radius 1 is 1.03 bits per heavy atom. The van der Waals surface area contributed by atoms with E-state index >= 15 is 0 Å². The minimum Gasteiger partial charge on any atom is -0.324 e. The molecule has 172 valence electrons. The summed E-state index contributed by atoms with van der Waals surface area (Å²) >= 11 is 1.10. The minimum absolute atomic E-state index is 0.0255. The van der Waals surface area contributed by atoms with Gasteiger partial charge in [-0.1, -0.05) is 36.4 Å². The predicted octanol–water partition coefficient (Wildman–Crippen LogP) is 4.19. The largest absolute Gasteiger partial charge is 0.324 e. The number of amides is 3. The Hall–Kier alpha value is -3.72. The van der Waals surface area contributed by atoms with Gasteiger partial charge in [0, 0.05) is 23.0 Å². The van der Waals surface area contributed by atoms with E-state index in [0.717, 1.165) is 29.5 Å². The summed E-state index contributed by atoms with van der Waals surface area (Å²) in [5, 5.41) is 2.82. The molecule has 1 fully saturated rings. The number of carbonyl (C=O) groups excluding carboxylic acids is 3. The van der Waals surface area contributed by atoms with Crippen LogP contribution in [0.2, 0.25) is 0 Å². The average Bonchev–Trinajstić information content (AvgIpc) is 3.28. The van der Waals surface area contributed by atoms with Crippen LogP contribution in [-0.2, 0) is 19.3 Å². The number of thioether (sulfide) groups is 1. The quantitative estimate of drug-likeness (QED) is 0.609. The maximum absolute atomic E-state index is 14.0. The summed E-state index contributed by atoms with van der Waals surface area (Å²) in [5.41, 5.74) is 2.59. The summed E-state index contributed by atoms with van der Waals surface area (Å²) in [4.78, 5) is 40.7. The molecule has 0 aromatic heterocycles. The first-order valence-electron chi connectivity index (χ1n) is 10.5. The number of para-hydroxylation sites is 2. The molecule has 2 heterocycles. The number of hydrogen-bond acceptors (Lipinski definition) is 4. The maximum atomic E-state index is 14.0. The molecule has 0 aliphatic carbocycles. The molecule has 6 nitrogen and oxygen atoms in total. The summed E-state index contributed by atoms with van der Waals surface area (Å²) in [6.45, 7) is 1.59. The fourth-order valence-electron chi connectivity index (χ4n) is 4.38. The van der Waals surface area contributed by atoms with Crippen molar-refractivity contribution in [3.63, 3.8) is 0 Å². The number of anilines is 3. The monoisotopic (exact) mass is 479 g/mol. The fraction of sp³-hybridized carbons (Fsp3) is 0.160. The minimum atomic E-state index is -1.51. The first-order valence-corrected chi connectivity index (χ1v) is 11.5. The van der Waals surface area contributed by atoms with Gasteiger partial charge in [-0.2, -0.15) is 0 Å². The van der Waals surface area contributed by atoms with Crippen molar-refractivity contribution in [3.05, 3.63) is 89.5 Å². The molecule has 0 radical (unpaired) electrons. The predicted molar refractivity (Wildman–Crippen MR) is 127 cm³/mol. The lowest BCUT2D eigenvalue weighted by molar-refractivity contribution is -0.124. The Balaban J connectivity index is 1.53. The molecule has 3 aromatic rings. The fourth-order valence-corrected chi connectivity index (χ4v) is 5.74. The van der Waals surface area contributed by atoms with Crippen LogP contribution < -0.4 is 15.1 Å². The van der Waals surface area contributed by atoms with Crippen molar-refractivity contribution in [1.29, 1.82) is 0 Å². The van der Waals surface area contributed by atoms with Crippen LogP contribution in [0.4, 0.5) is 25.8 Å². The highest BCUT2D eigenvalue weighted by Gasteiger charge is 2.61. The van der Waals surface area contributed by atoms with Crippen molar-refractivity contribution >= 4 is 46.5 Å². The van der Waals surface area contributed by atoms with Crippen molar-refractivity contribution in [1.82, 2.24) is 0 Å². The van der Waals surface area contributed by atoms with E-state index in [9.17, 15) is 23.2 Å². The van der Waals surface area contributed by atoms with E-state index in [1.165, 1.54) is 15.9 Å². The van der Waals surface area contributed by atoms with E-state index in [1.807, 2.05) is 19.1 Å². The Morgan fingerprint density at radius 2 is 1.76 bits per heavy atom. The molecule has 5 rings (SSSR count). The molecule has 0 saturated carbocycles. The average molecular weight is 480 g/mol. The maximum Gasteiger partial charge on any atom is 0.269 e. The van der Waals surface area contributed by atoms with Crippen molar-refractivity contribution in [2.75, 3.05) is 27.4 Å². The molecule has 9 heteroatoms. The van der Waals surface area contributed by atoms with E-state index in [2.05, 4.69) is 5.32 Å². The lowest BCUT2D eigenvalue weighted by Gasteiger charge is -2.33. The third-order valence-electron chi connectivity index (χ3n) is 5.95. The Morgan fingerprint density at radius 3 is 2.53 bits per heavy atom. The van der Waals surface area contributed by atoms with Crippen LogP contribution >= 0.6 is 11.8 Å². The van der Waals surface area contributed by atoms with Crippen LogP contribution in [0.5, 0.6) is 0 Å². The summed E-state index contributed by atoms with van der Waals surface area (Å²) in [7, 11) is 0. The molecular weight excluding hydrogens is 460 g/mol. The lowest BCUT2D eigenvalue weighted by atomic mass is 10.0. The Bertz CT molecular complexity index is 1350. The molecule has 3 aromatic carbocycles. The van der Waals surface area contributed by atoms with Crippen molar-refractivity contribution < 1.29 is 23.2 Å². The van der Waals surface area contributed by atoms with Crippen LogP contribution in [0, 0.1) is 18.6 Å². The zero-order chi connectivity index (χ0) is 24.0. The van der Waals surface area contributed by atoms with Gasteiger partial charge in [-0.25, -0.2) is 8.78 Å². The van der Waals surface area contributed by atoms with E-state index < -0.39 is 34.2 Å². The standard InChI is InChI=1S/C25H19F2N3O3S/c1-15-6-2-4-8-20(15)28-22(31)13-29-21-9-5-3-7-17(21)25(24(29)33)30(23(32)14-34-25)16-10-11-18(26)19(27)12-16/h2-12H,13-14H2,1H3,(H,28,31). The van der Waals surface area contributed by atoms with Gasteiger partial charge in [0.15, 0.2) is 11.6 Å². The van der Waals surface area contributed by atoms with Gasteiger partial charge in [0.05, 0.1) is 11.4 Å². The van der Waals surface area contributed by atoms with Gasteiger partial charge in [-0.3, -0.25) is 24.2 Å². The number of benzene rings is 3. The zero-order valence-electron chi connectivity index (χ0n) is 18.0. The third kappa shape index (κ3) is 3.35. The van der Waals surface area contributed by atoms with Crippen LogP contribution in [0.15, 0.2) is 66.7 Å². The molecule has 3 amide bonds. The molecule has 34 heavy (non-hydrogen) atoms. The normalized spacial score (nSPS) is 19.1. The van der Waals surface area contributed by atoms with Gasteiger partial charge in [-0.15, -0.1) is 11.8 Å². The van der Waals surface area contributed by atoms with Crippen LogP contribution in [0.3, 0.4) is 0 Å². The second-order valence-electron chi connectivity index (χ2n) is 8.03. The highest BCUT2D eigenvalue weighted by Crippen LogP contribution is 2.55. The number of aryl methyl sites for hydroxylation is 1. The van der Waals surface area contributed by atoms with Crippen molar-refractivity contribution in [2.24, 2.45) is 0 Å². The summed E-state index contributed by atoms with van der Waals surface area (Å²) in [6.07, 6.45) is 0. The van der Waals surface area contributed by atoms with E-state index in [-0.39, 0.29) is 18.0 Å². The van der Waals surface area contributed by atoms with Crippen LogP contribution in [0.1, 0.15) is 11.1 Å². The summed E-state index contributed by atoms with van der Waals surface area (Å²) in [6, 6.07) is 17.3. The van der Waals surface area contributed by atoms with Crippen molar-refractivity contribution in [3.8, 4) is 0 Å². The molecular formula is C25H19F2N3O3S. The number of rotatable bonds is 4. The molecule has 2 aliphatic rings. The van der Waals surface area contributed by atoms with E-state index in [4.69, 9.17) is 0 Å². The van der Waals surface area contributed by atoms with Gasteiger partial charge in [0.1, 0.15) is 6.54 Å². The third-order valence-corrected chi connectivity index (χ3v) is 7.33. The second kappa shape index (κ2) is 8.25. The topological polar surface area (TPSA) is 69.7 Å². The molecule has 1 unspecified atom stereocenters. The highest BCUT2D eigenvalue weighted by atomic mass is 32.2. The number of nitrogens with zero attached hydrogens (tertiary/aromatic N) is 2. The van der Waals surface area contributed by atoms with Crippen LogP contribution in [-0.4, -0.2) is 30.0 Å². The molecule has 1 atom stereocenters. The highest BCUT2D eigenvalue weighted by molar-refractivity contribution is 8.02. The van der Waals surface area contributed by atoms with Crippen molar-refractivity contribution in [2.45, 2.75) is 11.8 Å². The zero-order valence-corrected chi connectivity index (χ0v) is 18.9. The SMILES string of the molecule is Cc1ccccc1NC(=O)CN1C(=O)C2(SCC(=O)N2c2ccc(F)c(F)c2)c2ccccc21. The van der Waals surface area contributed by atoms with Gasteiger partial charge < -0.3 is 5.32 Å². The number of nitrogens with one attached hydrogen (secondary N) is 1. The molecule has 1 N–H and O–H groups in total. The van der Waals surface area contributed by atoms with Gasteiger partial charge in [0.2, 0.25) is 16.7 Å². The first-order chi connectivity index (χ1) is 16.3. The lowest BCUT2D eigenvalue weighted by Crippen LogP contribution is -2.51.